The molecule has 1 rings (SSSR count). The Hall–Kier alpha value is -1.36. The van der Waals surface area contributed by atoms with E-state index in [4.69, 9.17) is 0 Å². The second kappa shape index (κ2) is 9.21. The summed E-state index contributed by atoms with van der Waals surface area (Å²) in [5.74, 6) is 0.808. The molecule has 0 aliphatic heterocycles. The highest BCUT2D eigenvalue weighted by Crippen LogP contribution is 2.17. The molecule has 0 spiro atoms. The fourth-order valence-electron chi connectivity index (χ4n) is 3.36. The van der Waals surface area contributed by atoms with Gasteiger partial charge in [0, 0.05) is 37.8 Å². The molecule has 1 amide bonds. The van der Waals surface area contributed by atoms with Crippen LogP contribution in [-0.4, -0.2) is 58.7 Å². The van der Waals surface area contributed by atoms with Crippen LogP contribution in [0.2, 0.25) is 0 Å². The minimum Gasteiger partial charge on any atom is -0.339 e. The van der Waals surface area contributed by atoms with Gasteiger partial charge in [-0.25, -0.2) is 0 Å². The van der Waals surface area contributed by atoms with E-state index in [0.717, 1.165) is 31.7 Å². The lowest BCUT2D eigenvalue weighted by Gasteiger charge is -2.30. The van der Waals surface area contributed by atoms with Gasteiger partial charge in [-0.1, -0.05) is 13.8 Å². The van der Waals surface area contributed by atoms with E-state index in [-0.39, 0.29) is 11.9 Å². The molecular weight excluding hydrogens is 300 g/mol. The van der Waals surface area contributed by atoms with Crippen molar-refractivity contribution in [2.75, 3.05) is 27.2 Å². The van der Waals surface area contributed by atoms with Gasteiger partial charge >= 0.3 is 0 Å². The van der Waals surface area contributed by atoms with Crippen molar-refractivity contribution in [1.29, 1.82) is 0 Å². The average molecular weight is 337 g/mol. The van der Waals surface area contributed by atoms with Crippen molar-refractivity contribution in [3.63, 3.8) is 0 Å². The van der Waals surface area contributed by atoms with Crippen molar-refractivity contribution in [2.24, 2.45) is 5.92 Å². The Morgan fingerprint density at radius 1 is 1.21 bits per heavy atom. The lowest BCUT2D eigenvalue weighted by molar-refractivity contribution is -0.133. The summed E-state index contributed by atoms with van der Waals surface area (Å²) >= 11 is 0. The van der Waals surface area contributed by atoms with Crippen LogP contribution in [-0.2, 0) is 17.8 Å². The highest BCUT2D eigenvalue weighted by atomic mass is 16.2. The maximum Gasteiger partial charge on any atom is 0.223 e. The first kappa shape index (κ1) is 20.7. The predicted octanol–water partition coefficient (Wildman–Crippen LogP) is 2.89. The molecular formula is C19H36N4O. The summed E-state index contributed by atoms with van der Waals surface area (Å²) < 4.78 is 2.09. The molecule has 0 saturated heterocycles. The molecule has 24 heavy (non-hydrogen) atoms. The number of hydrogen-bond acceptors (Lipinski definition) is 3. The quantitative estimate of drug-likeness (QED) is 0.696. The van der Waals surface area contributed by atoms with Crippen LogP contribution in [0, 0.1) is 19.8 Å². The van der Waals surface area contributed by atoms with Crippen molar-refractivity contribution in [1.82, 2.24) is 19.6 Å². The van der Waals surface area contributed by atoms with Gasteiger partial charge in [0.05, 0.1) is 5.69 Å². The maximum atomic E-state index is 12.7. The van der Waals surface area contributed by atoms with Crippen molar-refractivity contribution < 1.29 is 4.79 Å². The van der Waals surface area contributed by atoms with Gasteiger partial charge in [0.25, 0.3) is 0 Å². The van der Waals surface area contributed by atoms with E-state index in [1.807, 2.05) is 19.0 Å². The largest absolute Gasteiger partial charge is 0.339 e. The summed E-state index contributed by atoms with van der Waals surface area (Å²) in [5.41, 5.74) is 3.50. The Labute approximate surface area is 148 Å². The molecule has 5 heteroatoms. The molecule has 0 aromatic carbocycles. The van der Waals surface area contributed by atoms with Crippen molar-refractivity contribution in [3.8, 4) is 0 Å². The fraction of sp³-hybridized carbons (Fsp3) is 0.789. The minimum absolute atomic E-state index is 0.238. The third kappa shape index (κ3) is 5.62. The zero-order valence-electron chi connectivity index (χ0n) is 16.9. The van der Waals surface area contributed by atoms with Crippen molar-refractivity contribution in [3.05, 3.63) is 17.0 Å². The molecule has 0 unspecified atom stereocenters. The smallest absolute Gasteiger partial charge is 0.223 e. The van der Waals surface area contributed by atoms with E-state index in [9.17, 15) is 4.79 Å². The summed E-state index contributed by atoms with van der Waals surface area (Å²) in [5, 5.41) is 4.65. The Balaban J connectivity index is 2.74. The number of aromatic nitrogens is 2. The maximum absolute atomic E-state index is 12.7. The first-order valence-corrected chi connectivity index (χ1v) is 9.14. The van der Waals surface area contributed by atoms with Gasteiger partial charge in [-0.3, -0.25) is 9.48 Å². The van der Waals surface area contributed by atoms with Crippen LogP contribution >= 0.6 is 0 Å². The van der Waals surface area contributed by atoms with Gasteiger partial charge in [-0.05, 0) is 59.7 Å². The van der Waals surface area contributed by atoms with Crippen LogP contribution in [0.25, 0.3) is 0 Å². The Kier molecular flexibility index (Phi) is 7.94. The van der Waals surface area contributed by atoms with Gasteiger partial charge in [0.1, 0.15) is 0 Å². The molecule has 1 heterocycles. The van der Waals surface area contributed by atoms with Crippen LogP contribution < -0.4 is 0 Å². The van der Waals surface area contributed by atoms with Crippen LogP contribution in [0.4, 0.5) is 0 Å². The molecule has 0 aliphatic rings. The van der Waals surface area contributed by atoms with Gasteiger partial charge in [0.2, 0.25) is 5.91 Å². The molecule has 1 atom stereocenters. The molecule has 0 bridgehead atoms. The number of likely N-dealkylation sites (N-methyl/N-ethyl adjacent to an activating group) is 2. The lowest BCUT2D eigenvalue weighted by atomic mass is 10.1. The number of rotatable bonds is 9. The molecule has 0 fully saturated rings. The summed E-state index contributed by atoms with van der Waals surface area (Å²) in [6.45, 7) is 15.3. The minimum atomic E-state index is 0.238. The molecule has 138 valence electrons. The first-order valence-electron chi connectivity index (χ1n) is 9.14. The normalized spacial score (nSPS) is 12.9. The van der Waals surface area contributed by atoms with Crippen LogP contribution in [0.3, 0.4) is 0 Å². The van der Waals surface area contributed by atoms with Crippen molar-refractivity contribution >= 4 is 5.91 Å². The number of aryl methyl sites for hydroxylation is 1. The topological polar surface area (TPSA) is 41.4 Å². The summed E-state index contributed by atoms with van der Waals surface area (Å²) in [6.07, 6.45) is 1.33. The van der Waals surface area contributed by atoms with E-state index < -0.39 is 0 Å². The highest BCUT2D eigenvalue weighted by Gasteiger charge is 2.20. The van der Waals surface area contributed by atoms with E-state index in [0.29, 0.717) is 12.3 Å². The molecule has 0 aliphatic carbocycles. The zero-order valence-corrected chi connectivity index (χ0v) is 16.9. The average Bonchev–Trinajstić information content (AvgIpc) is 2.70. The van der Waals surface area contributed by atoms with Gasteiger partial charge in [-0.2, -0.15) is 5.10 Å². The molecule has 0 radical (unpaired) electrons. The number of carbonyl (C=O) groups is 1. The summed E-state index contributed by atoms with van der Waals surface area (Å²) in [4.78, 5) is 16.8. The predicted molar refractivity (Wildman–Crippen MR) is 100 cm³/mol. The van der Waals surface area contributed by atoms with Gasteiger partial charge < -0.3 is 9.80 Å². The second-order valence-electron chi connectivity index (χ2n) is 7.52. The summed E-state index contributed by atoms with van der Waals surface area (Å²) in [7, 11) is 4.09. The number of carbonyl (C=O) groups excluding carboxylic acids is 1. The molecule has 1 aromatic heterocycles. The van der Waals surface area contributed by atoms with E-state index in [1.165, 1.54) is 11.3 Å². The fourth-order valence-corrected chi connectivity index (χ4v) is 3.36. The molecule has 0 saturated carbocycles. The standard InChI is InChI=1S/C19H36N4O/c1-9-22(15(4)13-21(7)8)19(24)11-10-18-16(5)20-23(17(18)6)12-14(2)3/h14-15H,9-13H2,1-8H3/t15-/m0/s1. The third-order valence-corrected chi connectivity index (χ3v) is 4.48. The number of amides is 1. The summed E-state index contributed by atoms with van der Waals surface area (Å²) in [6, 6.07) is 0.239. The van der Waals surface area contributed by atoms with E-state index in [1.54, 1.807) is 0 Å². The molecule has 1 aromatic rings. The Morgan fingerprint density at radius 2 is 1.83 bits per heavy atom. The number of hydrogen-bond donors (Lipinski definition) is 0. The van der Waals surface area contributed by atoms with E-state index >= 15 is 0 Å². The molecule has 5 nitrogen and oxygen atoms in total. The third-order valence-electron chi connectivity index (χ3n) is 4.48. The van der Waals surface area contributed by atoms with E-state index in [2.05, 4.69) is 56.2 Å². The van der Waals surface area contributed by atoms with Gasteiger partial charge in [0.15, 0.2) is 0 Å². The zero-order chi connectivity index (χ0) is 18.4. The van der Waals surface area contributed by atoms with Gasteiger partial charge in [-0.15, -0.1) is 0 Å². The van der Waals surface area contributed by atoms with Crippen molar-refractivity contribution in [2.45, 2.75) is 67.0 Å². The first-order chi connectivity index (χ1) is 11.2. The lowest BCUT2D eigenvalue weighted by Crippen LogP contribution is -2.43. The van der Waals surface area contributed by atoms with Crippen LogP contribution in [0.15, 0.2) is 0 Å². The highest BCUT2D eigenvalue weighted by molar-refractivity contribution is 5.76. The second-order valence-corrected chi connectivity index (χ2v) is 7.52. The number of nitrogens with zero attached hydrogens (tertiary/aromatic N) is 4. The van der Waals surface area contributed by atoms with Crippen LogP contribution in [0.5, 0.6) is 0 Å². The monoisotopic (exact) mass is 336 g/mol. The van der Waals surface area contributed by atoms with Crippen LogP contribution in [0.1, 0.15) is 51.1 Å². The Bertz CT molecular complexity index is 534. The molecule has 0 N–H and O–H groups in total. The Morgan fingerprint density at radius 3 is 2.33 bits per heavy atom. The SMILES string of the molecule is CCN(C(=O)CCc1c(C)nn(CC(C)C)c1C)[C@@H](C)CN(C)C.